The predicted molar refractivity (Wildman–Crippen MR) is 112 cm³/mol. The summed E-state index contributed by atoms with van der Waals surface area (Å²) in [6, 6.07) is 14.4. The number of methoxy groups -OCH3 is 1. The molecule has 1 atom stereocenters. The molecule has 0 spiro atoms. The maximum atomic E-state index is 12.9. The molecule has 2 aromatic carbocycles. The number of unbranched alkanes of at least 4 members (excludes halogenated alkanes) is 1. The number of amides is 1. The van der Waals surface area contributed by atoms with Gasteiger partial charge in [-0.25, -0.2) is 4.98 Å². The first kappa shape index (κ1) is 20.5. The first-order valence-electron chi connectivity index (χ1n) is 9.77. The van der Waals surface area contributed by atoms with Gasteiger partial charge in [0.15, 0.2) is 0 Å². The quantitative estimate of drug-likeness (QED) is 0.555. The Hall–Kier alpha value is -3.28. The van der Waals surface area contributed by atoms with Crippen LogP contribution < -0.4 is 14.8 Å². The number of aryl methyl sites for hydroxylation is 1. The van der Waals surface area contributed by atoms with E-state index in [1.54, 1.807) is 25.4 Å². The molecular weight excluding hydrogens is 366 g/mol. The molecule has 1 aromatic heterocycles. The molecule has 6 nitrogen and oxygen atoms in total. The summed E-state index contributed by atoms with van der Waals surface area (Å²) in [5, 5.41) is 3.10. The van der Waals surface area contributed by atoms with Crippen LogP contribution in [-0.2, 0) is 7.05 Å². The van der Waals surface area contributed by atoms with Crippen molar-refractivity contribution in [2.24, 2.45) is 7.05 Å². The topological polar surface area (TPSA) is 65.4 Å². The van der Waals surface area contributed by atoms with Gasteiger partial charge in [0.1, 0.15) is 23.4 Å². The number of nitrogens with one attached hydrogen (secondary N) is 1. The lowest BCUT2D eigenvalue weighted by Crippen LogP contribution is -2.31. The molecule has 0 radical (unpaired) electrons. The highest BCUT2D eigenvalue weighted by atomic mass is 16.5. The fourth-order valence-electron chi connectivity index (χ4n) is 3.00. The average Bonchev–Trinajstić information content (AvgIpc) is 3.18. The van der Waals surface area contributed by atoms with Crippen molar-refractivity contribution in [1.82, 2.24) is 14.9 Å². The van der Waals surface area contributed by atoms with Gasteiger partial charge in [0.05, 0.1) is 13.7 Å². The minimum Gasteiger partial charge on any atom is -0.497 e. The Morgan fingerprint density at radius 3 is 2.38 bits per heavy atom. The van der Waals surface area contributed by atoms with E-state index in [1.807, 2.05) is 54.2 Å². The van der Waals surface area contributed by atoms with Crippen LogP contribution >= 0.6 is 0 Å². The number of carbonyl (C=O) groups excluding carboxylic acids is 1. The van der Waals surface area contributed by atoms with Crippen molar-refractivity contribution < 1.29 is 14.3 Å². The smallest absolute Gasteiger partial charge is 0.252 e. The number of imidazole rings is 1. The second kappa shape index (κ2) is 9.78. The summed E-state index contributed by atoms with van der Waals surface area (Å²) in [5.41, 5.74) is 1.49. The number of aromatic nitrogens is 2. The number of nitrogens with zero attached hydrogens (tertiary/aromatic N) is 2. The lowest BCUT2D eigenvalue weighted by molar-refractivity contribution is 0.0941. The van der Waals surface area contributed by atoms with Crippen LogP contribution in [0, 0.1) is 0 Å². The Bertz CT molecular complexity index is 917. The SMILES string of the molecule is CCCCOc1ccc(C(=O)N[C@@H](c2ccc(OC)cc2)c2nccn2C)cc1. The second-order valence-corrected chi connectivity index (χ2v) is 6.80. The minimum atomic E-state index is -0.381. The molecule has 0 saturated heterocycles. The molecule has 6 heteroatoms. The lowest BCUT2D eigenvalue weighted by atomic mass is 10.0. The van der Waals surface area contributed by atoms with Crippen LogP contribution in [0.4, 0.5) is 0 Å². The number of hydrogen-bond donors (Lipinski definition) is 1. The molecule has 29 heavy (non-hydrogen) atoms. The van der Waals surface area contributed by atoms with E-state index >= 15 is 0 Å². The van der Waals surface area contributed by atoms with Crippen LogP contribution in [0.1, 0.15) is 47.6 Å². The van der Waals surface area contributed by atoms with Gasteiger partial charge >= 0.3 is 0 Å². The molecular formula is C23H27N3O3. The van der Waals surface area contributed by atoms with Crippen LogP contribution in [0.15, 0.2) is 60.9 Å². The highest BCUT2D eigenvalue weighted by Crippen LogP contribution is 2.24. The third-order valence-electron chi connectivity index (χ3n) is 4.72. The summed E-state index contributed by atoms with van der Waals surface area (Å²) < 4.78 is 12.8. The zero-order valence-electron chi connectivity index (χ0n) is 17.1. The standard InChI is InChI=1S/C23H27N3O3/c1-4-5-16-29-20-12-8-18(9-13-20)23(27)25-21(22-24-14-15-26(22)2)17-6-10-19(28-3)11-7-17/h6-15,21H,4-5,16H2,1-3H3,(H,25,27)/t21-/m0/s1. The van der Waals surface area contributed by atoms with E-state index in [-0.39, 0.29) is 11.9 Å². The zero-order chi connectivity index (χ0) is 20.6. The minimum absolute atomic E-state index is 0.172. The Balaban J connectivity index is 1.78. The molecule has 1 amide bonds. The molecule has 3 aromatic rings. The van der Waals surface area contributed by atoms with Gasteiger partial charge < -0.3 is 19.4 Å². The average molecular weight is 393 g/mol. The van der Waals surface area contributed by atoms with Crippen molar-refractivity contribution in [3.8, 4) is 11.5 Å². The van der Waals surface area contributed by atoms with Gasteiger partial charge in [-0.05, 0) is 48.4 Å². The summed E-state index contributed by atoms with van der Waals surface area (Å²) in [4.78, 5) is 17.4. The van der Waals surface area contributed by atoms with Crippen LogP contribution in [0.25, 0.3) is 0 Å². The van der Waals surface area contributed by atoms with E-state index in [4.69, 9.17) is 9.47 Å². The van der Waals surface area contributed by atoms with E-state index in [2.05, 4.69) is 17.2 Å². The summed E-state index contributed by atoms with van der Waals surface area (Å²) in [7, 11) is 3.54. The van der Waals surface area contributed by atoms with Crippen LogP contribution in [-0.4, -0.2) is 29.2 Å². The van der Waals surface area contributed by atoms with Crippen molar-refractivity contribution in [3.63, 3.8) is 0 Å². The molecule has 0 bridgehead atoms. The number of benzene rings is 2. The molecule has 0 aliphatic heterocycles. The number of carbonyl (C=O) groups is 1. The largest absolute Gasteiger partial charge is 0.497 e. The van der Waals surface area contributed by atoms with Gasteiger partial charge in [0.2, 0.25) is 0 Å². The van der Waals surface area contributed by atoms with E-state index in [1.165, 1.54) is 0 Å². The lowest BCUT2D eigenvalue weighted by Gasteiger charge is -2.19. The third-order valence-corrected chi connectivity index (χ3v) is 4.72. The molecule has 152 valence electrons. The molecule has 0 saturated carbocycles. The number of ether oxygens (including phenoxy) is 2. The van der Waals surface area contributed by atoms with E-state index < -0.39 is 0 Å². The van der Waals surface area contributed by atoms with Crippen LogP contribution in [0.5, 0.6) is 11.5 Å². The van der Waals surface area contributed by atoms with Gasteiger partial charge in [-0.2, -0.15) is 0 Å². The maximum Gasteiger partial charge on any atom is 0.252 e. The van der Waals surface area contributed by atoms with E-state index in [9.17, 15) is 4.79 Å². The fourth-order valence-corrected chi connectivity index (χ4v) is 3.00. The molecule has 0 aliphatic rings. The van der Waals surface area contributed by atoms with Gasteiger partial charge in [0, 0.05) is 25.0 Å². The predicted octanol–water partition coefficient (Wildman–Crippen LogP) is 4.13. The normalized spacial score (nSPS) is 11.7. The maximum absolute atomic E-state index is 12.9. The first-order chi connectivity index (χ1) is 14.1. The molecule has 1 heterocycles. The molecule has 0 aliphatic carbocycles. The van der Waals surface area contributed by atoms with Gasteiger partial charge in [-0.1, -0.05) is 25.5 Å². The Labute approximate surface area is 171 Å². The number of rotatable bonds is 9. The highest BCUT2D eigenvalue weighted by molar-refractivity contribution is 5.94. The Morgan fingerprint density at radius 2 is 1.79 bits per heavy atom. The summed E-state index contributed by atoms with van der Waals surface area (Å²) >= 11 is 0. The van der Waals surface area contributed by atoms with Gasteiger partial charge in [-0.15, -0.1) is 0 Å². The van der Waals surface area contributed by atoms with Crippen LogP contribution in [0.2, 0.25) is 0 Å². The van der Waals surface area contributed by atoms with Crippen molar-refractivity contribution in [3.05, 3.63) is 77.9 Å². The summed E-state index contributed by atoms with van der Waals surface area (Å²) in [5.74, 6) is 2.11. The van der Waals surface area contributed by atoms with Gasteiger partial charge in [0.25, 0.3) is 5.91 Å². The summed E-state index contributed by atoms with van der Waals surface area (Å²) in [6.45, 7) is 2.80. The molecule has 0 unspecified atom stereocenters. The third kappa shape index (κ3) is 5.16. The first-order valence-corrected chi connectivity index (χ1v) is 9.77. The van der Waals surface area contributed by atoms with Gasteiger partial charge in [-0.3, -0.25) is 4.79 Å². The second-order valence-electron chi connectivity index (χ2n) is 6.80. The zero-order valence-corrected chi connectivity index (χ0v) is 17.1. The van der Waals surface area contributed by atoms with Crippen molar-refractivity contribution in [2.75, 3.05) is 13.7 Å². The van der Waals surface area contributed by atoms with E-state index in [0.717, 1.165) is 35.7 Å². The monoisotopic (exact) mass is 393 g/mol. The molecule has 1 N–H and O–H groups in total. The van der Waals surface area contributed by atoms with Crippen molar-refractivity contribution >= 4 is 5.91 Å². The fraction of sp³-hybridized carbons (Fsp3) is 0.304. The van der Waals surface area contributed by atoms with Crippen LogP contribution in [0.3, 0.4) is 0 Å². The number of hydrogen-bond acceptors (Lipinski definition) is 4. The Morgan fingerprint density at radius 1 is 1.10 bits per heavy atom. The van der Waals surface area contributed by atoms with E-state index in [0.29, 0.717) is 12.2 Å². The molecule has 3 rings (SSSR count). The highest BCUT2D eigenvalue weighted by Gasteiger charge is 2.21. The molecule has 0 fully saturated rings. The Kier molecular flexibility index (Phi) is 6.89. The van der Waals surface area contributed by atoms with Crippen molar-refractivity contribution in [2.45, 2.75) is 25.8 Å². The van der Waals surface area contributed by atoms with Crippen molar-refractivity contribution in [1.29, 1.82) is 0 Å². The summed E-state index contributed by atoms with van der Waals surface area (Å²) in [6.07, 6.45) is 5.68.